The Kier molecular flexibility index (Phi) is 11.5. The number of ether oxygens (including phenoxy) is 2. The molecule has 4 aromatic carbocycles. The quantitative estimate of drug-likeness (QED) is 0.183. The number of benzene rings is 4. The van der Waals surface area contributed by atoms with Crippen molar-refractivity contribution >= 4 is 39.1 Å². The summed E-state index contributed by atoms with van der Waals surface area (Å²) in [5, 5.41) is 3.49. The molecule has 0 aliphatic carbocycles. The first kappa shape index (κ1) is 35.3. The minimum Gasteiger partial charge on any atom is -0.493 e. The summed E-state index contributed by atoms with van der Waals surface area (Å²) in [6.07, 6.45) is 0.197. The highest BCUT2D eigenvalue weighted by molar-refractivity contribution is 7.92. The van der Waals surface area contributed by atoms with Crippen LogP contribution in [0.25, 0.3) is 0 Å². The number of rotatable bonds is 13. The molecule has 47 heavy (non-hydrogen) atoms. The van der Waals surface area contributed by atoms with E-state index in [-0.39, 0.29) is 35.2 Å². The molecule has 1 N–H and O–H groups in total. The number of nitrogens with zero attached hydrogens (tertiary/aromatic N) is 2. The highest BCUT2D eigenvalue weighted by Crippen LogP contribution is 2.32. The summed E-state index contributed by atoms with van der Waals surface area (Å²) >= 11 is 6.32. The van der Waals surface area contributed by atoms with Gasteiger partial charge in [-0.25, -0.2) is 8.42 Å². The van der Waals surface area contributed by atoms with Gasteiger partial charge in [0.05, 0.1) is 24.8 Å². The molecular weight excluding hydrogens is 638 g/mol. The Labute approximate surface area is 282 Å². The Hall–Kier alpha value is -4.54. The molecule has 4 rings (SSSR count). The fraction of sp³-hybridized carbons (Fsp3) is 0.278. The van der Waals surface area contributed by atoms with Gasteiger partial charge in [0.15, 0.2) is 11.5 Å². The van der Waals surface area contributed by atoms with Gasteiger partial charge >= 0.3 is 0 Å². The predicted molar refractivity (Wildman–Crippen MR) is 184 cm³/mol. The molecule has 9 nitrogen and oxygen atoms in total. The lowest BCUT2D eigenvalue weighted by atomic mass is 10.0. The summed E-state index contributed by atoms with van der Waals surface area (Å²) in [6, 6.07) is 28.0. The van der Waals surface area contributed by atoms with Gasteiger partial charge < -0.3 is 19.7 Å². The highest BCUT2D eigenvalue weighted by Gasteiger charge is 2.36. The first-order valence-corrected chi connectivity index (χ1v) is 16.8. The van der Waals surface area contributed by atoms with Crippen LogP contribution in [0.1, 0.15) is 31.9 Å². The van der Waals surface area contributed by atoms with Gasteiger partial charge in [0.1, 0.15) is 12.6 Å². The van der Waals surface area contributed by atoms with E-state index in [0.29, 0.717) is 16.3 Å². The van der Waals surface area contributed by atoms with E-state index in [1.165, 1.54) is 37.3 Å². The zero-order valence-electron chi connectivity index (χ0n) is 27.1. The third kappa shape index (κ3) is 9.27. The van der Waals surface area contributed by atoms with Crippen molar-refractivity contribution in [3.8, 4) is 11.5 Å². The molecule has 11 heteroatoms. The summed E-state index contributed by atoms with van der Waals surface area (Å²) in [7, 11) is -1.46. The third-order valence-electron chi connectivity index (χ3n) is 7.28. The number of para-hydroxylation sites is 1. The van der Waals surface area contributed by atoms with Crippen LogP contribution >= 0.6 is 11.6 Å². The Bertz CT molecular complexity index is 1780. The highest BCUT2D eigenvalue weighted by atomic mass is 35.5. The number of carbonyl (C=O) groups excluding carboxylic acids is 2. The molecular formula is C36H40ClN3O6S. The van der Waals surface area contributed by atoms with Crippen molar-refractivity contribution in [3.63, 3.8) is 0 Å². The molecule has 1 atom stereocenters. The van der Waals surface area contributed by atoms with Crippen LogP contribution in [0.15, 0.2) is 108 Å². The zero-order valence-corrected chi connectivity index (χ0v) is 28.7. The molecule has 0 aliphatic rings. The van der Waals surface area contributed by atoms with Gasteiger partial charge in [-0.3, -0.25) is 13.9 Å². The minimum absolute atomic E-state index is 0.00743. The lowest BCUT2D eigenvalue weighted by molar-refractivity contribution is -0.140. The van der Waals surface area contributed by atoms with Crippen molar-refractivity contribution in [1.82, 2.24) is 10.2 Å². The van der Waals surface area contributed by atoms with Crippen molar-refractivity contribution in [2.24, 2.45) is 0 Å². The average Bonchev–Trinajstić information content (AvgIpc) is 3.04. The second-order valence-corrected chi connectivity index (χ2v) is 14.3. The van der Waals surface area contributed by atoms with Gasteiger partial charge in [-0.2, -0.15) is 0 Å². The predicted octanol–water partition coefficient (Wildman–Crippen LogP) is 6.11. The second kappa shape index (κ2) is 15.4. The molecule has 0 aliphatic heterocycles. The van der Waals surface area contributed by atoms with Gasteiger partial charge in [-0.05, 0) is 68.3 Å². The molecule has 248 valence electrons. The normalized spacial score (nSPS) is 12.1. The number of carbonyl (C=O) groups is 2. The number of hydrogen-bond acceptors (Lipinski definition) is 6. The van der Waals surface area contributed by atoms with Gasteiger partial charge in [0, 0.05) is 29.6 Å². The van der Waals surface area contributed by atoms with Crippen LogP contribution in [0.4, 0.5) is 5.69 Å². The van der Waals surface area contributed by atoms with Gasteiger partial charge in [-0.15, -0.1) is 0 Å². The Balaban J connectivity index is 1.82. The van der Waals surface area contributed by atoms with Crippen LogP contribution in [0.2, 0.25) is 5.02 Å². The van der Waals surface area contributed by atoms with Crippen LogP contribution in [0.5, 0.6) is 11.5 Å². The molecule has 4 aromatic rings. The summed E-state index contributed by atoms with van der Waals surface area (Å²) in [6.45, 7) is 5.00. The largest absolute Gasteiger partial charge is 0.493 e. The second-order valence-electron chi connectivity index (χ2n) is 12.0. The molecule has 0 spiro atoms. The summed E-state index contributed by atoms with van der Waals surface area (Å²) in [4.78, 5) is 29.9. The standard InChI is InChI=1S/C36H40ClN3O6S/c1-36(2,3)38-35(42)31(22-26-13-8-6-9-14-26)39(24-27-15-12-16-28(37)21-27)34(41)25-40(29-17-10-7-11-18-29)47(43,44)30-19-20-32(45-4)33(23-30)46-5/h6-21,23,31H,22,24-25H2,1-5H3,(H,38,42)/t31-/m0/s1. The Morgan fingerprint density at radius 3 is 2.02 bits per heavy atom. The molecule has 0 radical (unpaired) electrons. The van der Waals surface area contributed by atoms with Crippen molar-refractivity contribution < 1.29 is 27.5 Å². The lowest BCUT2D eigenvalue weighted by Crippen LogP contribution is -2.56. The van der Waals surface area contributed by atoms with Gasteiger partial charge in [0.25, 0.3) is 10.0 Å². The first-order valence-electron chi connectivity index (χ1n) is 15.0. The van der Waals surface area contributed by atoms with E-state index >= 15 is 0 Å². The van der Waals surface area contributed by atoms with Crippen molar-refractivity contribution in [2.75, 3.05) is 25.1 Å². The monoisotopic (exact) mass is 677 g/mol. The van der Waals surface area contributed by atoms with Crippen LogP contribution < -0.4 is 19.1 Å². The summed E-state index contributed by atoms with van der Waals surface area (Å²) in [5.74, 6) is -0.374. The van der Waals surface area contributed by atoms with Crippen LogP contribution in [0.3, 0.4) is 0 Å². The summed E-state index contributed by atoms with van der Waals surface area (Å²) < 4.78 is 40.3. The number of anilines is 1. The molecule has 2 amide bonds. The number of amides is 2. The number of hydrogen-bond donors (Lipinski definition) is 1. The fourth-order valence-corrected chi connectivity index (χ4v) is 6.71. The number of halogens is 1. The number of nitrogens with one attached hydrogen (secondary N) is 1. The molecule has 0 heterocycles. The van der Waals surface area contributed by atoms with Gasteiger partial charge in [-0.1, -0.05) is 72.3 Å². The SMILES string of the molecule is COc1ccc(S(=O)(=O)N(CC(=O)N(Cc2cccc(Cl)c2)[C@@H](Cc2ccccc2)C(=O)NC(C)(C)C)c2ccccc2)cc1OC. The van der Waals surface area contributed by atoms with Crippen LogP contribution in [0, 0.1) is 0 Å². The molecule has 0 unspecified atom stereocenters. The maximum atomic E-state index is 14.6. The van der Waals surface area contributed by atoms with Crippen LogP contribution in [-0.2, 0) is 32.6 Å². The smallest absolute Gasteiger partial charge is 0.264 e. The van der Waals surface area contributed by atoms with E-state index < -0.39 is 34.1 Å². The number of sulfonamides is 1. The van der Waals surface area contributed by atoms with Crippen molar-refractivity contribution in [2.45, 2.75) is 50.2 Å². The molecule has 0 saturated carbocycles. The van der Waals surface area contributed by atoms with Crippen molar-refractivity contribution in [3.05, 3.63) is 119 Å². The zero-order chi connectivity index (χ0) is 34.2. The summed E-state index contributed by atoms with van der Waals surface area (Å²) in [5.41, 5.74) is 1.20. The minimum atomic E-state index is -4.32. The Morgan fingerprint density at radius 2 is 1.43 bits per heavy atom. The van der Waals surface area contributed by atoms with E-state index in [1.54, 1.807) is 48.5 Å². The van der Waals surface area contributed by atoms with Gasteiger partial charge in [0.2, 0.25) is 11.8 Å². The fourth-order valence-electron chi connectivity index (χ4n) is 5.07. The third-order valence-corrected chi connectivity index (χ3v) is 9.28. The van der Waals surface area contributed by atoms with E-state index in [4.69, 9.17) is 21.1 Å². The maximum Gasteiger partial charge on any atom is 0.264 e. The topological polar surface area (TPSA) is 105 Å². The average molecular weight is 678 g/mol. The molecule has 0 aromatic heterocycles. The van der Waals surface area contributed by atoms with E-state index in [9.17, 15) is 18.0 Å². The molecule has 0 bridgehead atoms. The first-order chi connectivity index (χ1) is 22.3. The Morgan fingerprint density at radius 1 is 0.809 bits per heavy atom. The van der Waals surface area contributed by atoms with Crippen LogP contribution in [-0.4, -0.2) is 57.5 Å². The molecule has 0 saturated heterocycles. The molecule has 0 fully saturated rings. The van der Waals surface area contributed by atoms with E-state index in [0.717, 1.165) is 9.87 Å². The lowest BCUT2D eigenvalue weighted by Gasteiger charge is -2.35. The van der Waals surface area contributed by atoms with Crippen molar-refractivity contribution in [1.29, 1.82) is 0 Å². The maximum absolute atomic E-state index is 14.6. The van der Waals surface area contributed by atoms with E-state index in [1.807, 2.05) is 57.2 Å². The number of methoxy groups -OCH3 is 2. The van der Waals surface area contributed by atoms with E-state index in [2.05, 4.69) is 5.32 Å².